The molecule has 1 atom stereocenters. The van der Waals surface area contributed by atoms with E-state index in [9.17, 15) is 4.79 Å². The quantitative estimate of drug-likeness (QED) is 0.380. The van der Waals surface area contributed by atoms with Crippen molar-refractivity contribution in [3.63, 3.8) is 0 Å². The Hall–Kier alpha value is -0.692. The fraction of sp³-hybridized carbons (Fsp3) is 0.600. The molecule has 106 valence electrons. The predicted octanol–water partition coefficient (Wildman–Crippen LogP) is 2.94. The number of carbonyl (C=O) groups excluding carboxylic acids is 1. The Labute approximate surface area is 126 Å². The molecule has 3 nitrogen and oxygen atoms in total. The van der Waals surface area contributed by atoms with Crippen molar-refractivity contribution in [3.8, 4) is 0 Å². The van der Waals surface area contributed by atoms with Crippen molar-refractivity contribution in [2.75, 3.05) is 13.7 Å². The van der Waals surface area contributed by atoms with Crippen LogP contribution in [0.2, 0.25) is 0 Å². The summed E-state index contributed by atoms with van der Waals surface area (Å²) in [4.78, 5) is 11.7. The first kappa shape index (κ1) is 16.4. The van der Waals surface area contributed by atoms with Crippen LogP contribution >= 0.6 is 0 Å². The molecule has 0 bridgehead atoms. The summed E-state index contributed by atoms with van der Waals surface area (Å²) >= 11 is 1.43. The van der Waals surface area contributed by atoms with Gasteiger partial charge in [-0.3, -0.25) is 0 Å². The Balaban J connectivity index is 2.76. The molecule has 0 aromatic rings. The molecule has 1 saturated carbocycles. The molecule has 0 N–H and O–H groups in total. The molecule has 0 saturated heterocycles. The van der Waals surface area contributed by atoms with Gasteiger partial charge in [-0.05, 0) is 0 Å². The summed E-state index contributed by atoms with van der Waals surface area (Å²) in [6.07, 6.45) is 6.99. The number of rotatable bonds is 5. The van der Waals surface area contributed by atoms with Crippen LogP contribution in [0.25, 0.3) is 0 Å². The molecule has 0 amide bonds. The average molecular weight is 434 g/mol. The van der Waals surface area contributed by atoms with E-state index in [1.54, 1.807) is 7.11 Å². The zero-order valence-electron chi connectivity index (χ0n) is 11.7. The maximum absolute atomic E-state index is 11.7. The average Bonchev–Trinajstić information content (AvgIpc) is 2.54. The molecule has 0 aromatic carbocycles. The molecule has 1 rings (SSSR count). The van der Waals surface area contributed by atoms with E-state index < -0.39 is 0 Å². The molecule has 0 spiro atoms. The summed E-state index contributed by atoms with van der Waals surface area (Å²) in [7, 11) is 1.63. The van der Waals surface area contributed by atoms with E-state index in [4.69, 9.17) is 9.47 Å². The van der Waals surface area contributed by atoms with Crippen molar-refractivity contribution < 1.29 is 33.6 Å². The van der Waals surface area contributed by atoms with E-state index in [1.165, 1.54) is 35.2 Å². The normalized spacial score (nSPS) is 21.9. The molecule has 0 heterocycles. The predicted molar refractivity (Wildman–Crippen MR) is 72.4 cm³/mol. The first-order valence-corrected chi connectivity index (χ1v) is 8.18. The monoisotopic (exact) mass is 434 g/mol. The van der Waals surface area contributed by atoms with Crippen LogP contribution in [0, 0.1) is 5.92 Å². The van der Waals surface area contributed by atoms with Crippen molar-refractivity contribution in [2.24, 2.45) is 5.92 Å². The van der Waals surface area contributed by atoms with Gasteiger partial charge in [-0.1, -0.05) is 0 Å². The van der Waals surface area contributed by atoms with Crippen LogP contribution in [0.5, 0.6) is 0 Å². The summed E-state index contributed by atoms with van der Waals surface area (Å²) < 4.78 is 11.6. The Kier molecular flexibility index (Phi) is 7.30. The zero-order valence-corrected chi connectivity index (χ0v) is 14.7. The third kappa shape index (κ3) is 5.44. The van der Waals surface area contributed by atoms with Crippen molar-refractivity contribution in [1.29, 1.82) is 0 Å². The third-order valence-corrected chi connectivity index (χ3v) is 5.39. The van der Waals surface area contributed by atoms with Crippen molar-refractivity contribution >= 4 is 9.87 Å². The Morgan fingerprint density at radius 2 is 2.26 bits per heavy atom. The first-order chi connectivity index (χ1) is 9.08. The van der Waals surface area contributed by atoms with Crippen molar-refractivity contribution in [2.45, 2.75) is 39.0 Å². The van der Waals surface area contributed by atoms with E-state index in [2.05, 4.69) is 6.58 Å². The van der Waals surface area contributed by atoms with Gasteiger partial charge in [-0.25, -0.2) is 0 Å². The van der Waals surface area contributed by atoms with Gasteiger partial charge in [0.05, 0.1) is 0 Å². The number of carbonyl (C=O) groups is 1. The molecular formula is C15H22O3W. The number of methoxy groups -OCH3 is 1. The van der Waals surface area contributed by atoms with Crippen molar-refractivity contribution in [3.05, 3.63) is 24.0 Å². The van der Waals surface area contributed by atoms with Crippen LogP contribution in [-0.4, -0.2) is 23.6 Å². The van der Waals surface area contributed by atoms with Gasteiger partial charge in [-0.15, -0.1) is 0 Å². The van der Waals surface area contributed by atoms with Crippen LogP contribution in [0.1, 0.15) is 39.0 Å². The SMILES string of the molecule is C=C(/C=C1/CCCCC(CC(=O)OCC)[C]1=[W])OC. The van der Waals surface area contributed by atoms with Crippen LogP contribution in [-0.2, 0) is 33.6 Å². The van der Waals surface area contributed by atoms with Gasteiger partial charge in [0.25, 0.3) is 0 Å². The molecule has 0 aromatic heterocycles. The van der Waals surface area contributed by atoms with Gasteiger partial charge in [0, 0.05) is 0 Å². The number of hydrogen-bond donors (Lipinski definition) is 0. The molecule has 0 radical (unpaired) electrons. The fourth-order valence-corrected chi connectivity index (χ4v) is 3.54. The van der Waals surface area contributed by atoms with Gasteiger partial charge in [0.15, 0.2) is 0 Å². The van der Waals surface area contributed by atoms with Crippen LogP contribution in [0.3, 0.4) is 0 Å². The molecule has 4 heteroatoms. The van der Waals surface area contributed by atoms with Gasteiger partial charge < -0.3 is 0 Å². The second-order valence-corrected chi connectivity index (χ2v) is 6.24. The summed E-state index contributed by atoms with van der Waals surface area (Å²) in [5.41, 5.74) is 1.30. The first-order valence-electron chi connectivity index (χ1n) is 6.71. The van der Waals surface area contributed by atoms with Gasteiger partial charge in [-0.2, -0.15) is 0 Å². The van der Waals surface area contributed by atoms with E-state index in [0.29, 0.717) is 24.7 Å². The number of hydrogen-bond acceptors (Lipinski definition) is 3. The summed E-state index contributed by atoms with van der Waals surface area (Å²) in [6.45, 7) is 6.16. The van der Waals surface area contributed by atoms with E-state index in [0.717, 1.165) is 19.3 Å². The summed E-state index contributed by atoms with van der Waals surface area (Å²) in [6, 6.07) is 0. The van der Waals surface area contributed by atoms with Crippen LogP contribution < -0.4 is 0 Å². The number of ether oxygens (including phenoxy) is 2. The fourth-order valence-electron chi connectivity index (χ4n) is 2.24. The van der Waals surface area contributed by atoms with Gasteiger partial charge in [0.2, 0.25) is 0 Å². The molecule has 1 unspecified atom stereocenters. The summed E-state index contributed by atoms with van der Waals surface area (Å²) in [5.74, 6) is 0.927. The second-order valence-electron chi connectivity index (χ2n) is 4.66. The molecule has 0 aliphatic heterocycles. The molecule has 1 fully saturated rings. The third-order valence-electron chi connectivity index (χ3n) is 3.25. The Bertz CT molecular complexity index is 385. The Morgan fingerprint density at radius 1 is 1.53 bits per heavy atom. The van der Waals surface area contributed by atoms with Crippen LogP contribution in [0.4, 0.5) is 0 Å². The summed E-state index contributed by atoms with van der Waals surface area (Å²) in [5, 5.41) is 0. The zero-order chi connectivity index (χ0) is 14.3. The van der Waals surface area contributed by atoms with Crippen molar-refractivity contribution in [1.82, 2.24) is 0 Å². The minimum absolute atomic E-state index is 0.0851. The second kappa shape index (κ2) is 8.47. The molecule has 19 heavy (non-hydrogen) atoms. The molecule has 1 aliphatic rings. The van der Waals surface area contributed by atoms with Crippen LogP contribution in [0.15, 0.2) is 24.0 Å². The minimum atomic E-state index is -0.0851. The number of allylic oxidation sites excluding steroid dienone is 2. The van der Waals surface area contributed by atoms with E-state index in [-0.39, 0.29) is 5.97 Å². The Morgan fingerprint density at radius 3 is 2.89 bits per heavy atom. The van der Waals surface area contributed by atoms with Gasteiger partial charge in [0.1, 0.15) is 0 Å². The maximum atomic E-state index is 11.7. The topological polar surface area (TPSA) is 35.5 Å². The standard InChI is InChI=1S/C15H22O3.W/c1-4-18-15(16)11-14-8-6-5-7-13(10-14)9-12(2)17-3;/h9,14H,2,4-8,11H2,1,3H3;/b13-9-;. The number of esters is 1. The van der Waals surface area contributed by atoms with E-state index in [1.807, 2.05) is 13.0 Å². The van der Waals surface area contributed by atoms with Gasteiger partial charge >= 0.3 is 126 Å². The van der Waals surface area contributed by atoms with E-state index >= 15 is 0 Å². The molecule has 1 aliphatic carbocycles. The molecular weight excluding hydrogens is 412 g/mol.